The van der Waals surface area contributed by atoms with Crippen LogP contribution in [0.2, 0.25) is 0 Å². The zero-order valence-corrected chi connectivity index (χ0v) is 18.4. The Labute approximate surface area is 177 Å². The number of rotatable bonds is 7. The van der Waals surface area contributed by atoms with Crippen LogP contribution in [0.25, 0.3) is 16.8 Å². The summed E-state index contributed by atoms with van der Waals surface area (Å²) in [5.74, 6) is 0.731. The second kappa shape index (κ2) is 8.83. The van der Waals surface area contributed by atoms with E-state index < -0.39 is 15.8 Å². The molecular formula is C23H26N2O4S. The molecule has 1 aromatic heterocycles. The van der Waals surface area contributed by atoms with E-state index in [2.05, 4.69) is 18.8 Å². The number of carbonyl (C=O) groups excluding carboxylic acids is 1. The second-order valence-corrected chi connectivity index (χ2v) is 9.59. The summed E-state index contributed by atoms with van der Waals surface area (Å²) in [6.45, 7) is 6.26. The monoisotopic (exact) mass is 426 g/mol. The Bertz CT molecular complexity index is 1150. The zero-order chi connectivity index (χ0) is 21.9. The summed E-state index contributed by atoms with van der Waals surface area (Å²) < 4.78 is 30.7. The van der Waals surface area contributed by atoms with Gasteiger partial charge in [0.15, 0.2) is 15.5 Å². The molecule has 0 fully saturated rings. The van der Waals surface area contributed by atoms with E-state index in [4.69, 9.17) is 4.74 Å². The number of imidazole rings is 1. The van der Waals surface area contributed by atoms with Gasteiger partial charge in [-0.25, -0.2) is 18.2 Å². The van der Waals surface area contributed by atoms with Crippen LogP contribution in [0.3, 0.4) is 0 Å². The molecule has 7 heteroatoms. The van der Waals surface area contributed by atoms with Crippen molar-refractivity contribution < 1.29 is 17.9 Å². The third-order valence-corrected chi connectivity index (χ3v) is 5.71. The Hall–Kier alpha value is -2.93. The van der Waals surface area contributed by atoms with E-state index >= 15 is 0 Å². The van der Waals surface area contributed by atoms with E-state index in [-0.39, 0.29) is 10.6 Å². The molecule has 0 atom stereocenters. The number of hydrogen-bond acceptors (Lipinski definition) is 5. The Morgan fingerprint density at radius 1 is 1.10 bits per heavy atom. The summed E-state index contributed by atoms with van der Waals surface area (Å²) >= 11 is 0. The molecule has 1 heterocycles. The molecule has 3 rings (SSSR count). The molecule has 2 aromatic carbocycles. The number of benzene rings is 2. The predicted octanol–water partition coefficient (Wildman–Crippen LogP) is 4.32. The molecular weight excluding hydrogens is 400 g/mol. The van der Waals surface area contributed by atoms with E-state index in [1.54, 1.807) is 31.3 Å². The lowest BCUT2D eigenvalue weighted by atomic mass is 10.1. The van der Waals surface area contributed by atoms with Gasteiger partial charge >= 0.3 is 5.97 Å². The number of ether oxygens (including phenoxy) is 1. The molecule has 0 aliphatic carbocycles. The lowest BCUT2D eigenvalue weighted by Gasteiger charge is -2.11. The first-order valence-electron chi connectivity index (χ1n) is 9.85. The molecule has 158 valence electrons. The SMILES string of the molecule is CCOC(=O)c1cn(-c2ccc(-c3cccc(S(C)(=O)=O)c3)cc2)c(CC(C)C)n1. The smallest absolute Gasteiger partial charge is 0.358 e. The highest BCUT2D eigenvalue weighted by Crippen LogP contribution is 2.25. The van der Waals surface area contributed by atoms with Crippen LogP contribution in [0.4, 0.5) is 0 Å². The highest BCUT2D eigenvalue weighted by molar-refractivity contribution is 7.90. The molecule has 0 radical (unpaired) electrons. The predicted molar refractivity (Wildman–Crippen MR) is 117 cm³/mol. The summed E-state index contributed by atoms with van der Waals surface area (Å²) in [5, 5.41) is 0. The molecule has 3 aromatic rings. The van der Waals surface area contributed by atoms with Gasteiger partial charge in [0.25, 0.3) is 0 Å². The number of carbonyl (C=O) groups is 1. The fraction of sp³-hybridized carbons (Fsp3) is 0.304. The molecule has 0 aliphatic heterocycles. The number of aromatic nitrogens is 2. The number of esters is 1. The highest BCUT2D eigenvalue weighted by atomic mass is 32.2. The molecule has 0 N–H and O–H groups in total. The van der Waals surface area contributed by atoms with Crippen LogP contribution in [-0.4, -0.2) is 36.8 Å². The van der Waals surface area contributed by atoms with Gasteiger partial charge in [0.05, 0.1) is 11.5 Å². The summed E-state index contributed by atoms with van der Waals surface area (Å²) in [7, 11) is -3.27. The molecule has 0 amide bonds. The average molecular weight is 427 g/mol. The Morgan fingerprint density at radius 3 is 2.40 bits per heavy atom. The van der Waals surface area contributed by atoms with Crippen LogP contribution in [0.15, 0.2) is 59.6 Å². The fourth-order valence-electron chi connectivity index (χ4n) is 3.18. The van der Waals surface area contributed by atoms with Gasteiger partial charge in [0.1, 0.15) is 5.82 Å². The standard InChI is InChI=1S/C23H26N2O4S/c1-5-29-23(26)21-15-25(22(24-21)13-16(2)3)19-11-9-17(10-12-19)18-7-6-8-20(14-18)30(4,27)28/h6-12,14-16H,5,13H2,1-4H3. The molecule has 0 bridgehead atoms. The van der Waals surface area contributed by atoms with Crippen LogP contribution in [0, 0.1) is 5.92 Å². The molecule has 0 saturated carbocycles. The lowest BCUT2D eigenvalue weighted by Crippen LogP contribution is -2.05. The van der Waals surface area contributed by atoms with Crippen LogP contribution in [0.1, 0.15) is 37.1 Å². The van der Waals surface area contributed by atoms with Crippen molar-refractivity contribution in [1.29, 1.82) is 0 Å². The van der Waals surface area contributed by atoms with Crippen molar-refractivity contribution in [2.45, 2.75) is 32.1 Å². The Kier molecular flexibility index (Phi) is 6.41. The van der Waals surface area contributed by atoms with Crippen molar-refractivity contribution in [2.24, 2.45) is 5.92 Å². The van der Waals surface area contributed by atoms with Gasteiger partial charge in [-0.15, -0.1) is 0 Å². The first kappa shape index (κ1) is 21.8. The van der Waals surface area contributed by atoms with Gasteiger partial charge in [-0.2, -0.15) is 0 Å². The molecule has 6 nitrogen and oxygen atoms in total. The fourth-order valence-corrected chi connectivity index (χ4v) is 3.84. The number of sulfone groups is 1. The summed E-state index contributed by atoms with van der Waals surface area (Å²) in [6.07, 6.45) is 3.62. The van der Waals surface area contributed by atoms with Gasteiger partial charge < -0.3 is 9.30 Å². The van der Waals surface area contributed by atoms with Crippen LogP contribution in [-0.2, 0) is 21.0 Å². The number of hydrogen-bond donors (Lipinski definition) is 0. The summed E-state index contributed by atoms with van der Waals surface area (Å²) in [6, 6.07) is 14.6. The Morgan fingerprint density at radius 2 is 1.80 bits per heavy atom. The van der Waals surface area contributed by atoms with E-state index in [0.29, 0.717) is 12.5 Å². The summed E-state index contributed by atoms with van der Waals surface area (Å²) in [4.78, 5) is 16.9. The largest absolute Gasteiger partial charge is 0.461 e. The van der Waals surface area contributed by atoms with E-state index in [1.807, 2.05) is 34.9 Å². The Balaban J connectivity index is 1.97. The van der Waals surface area contributed by atoms with Crippen molar-refractivity contribution in [3.8, 4) is 16.8 Å². The lowest BCUT2D eigenvalue weighted by molar-refractivity contribution is 0.0520. The van der Waals surface area contributed by atoms with Crippen molar-refractivity contribution >= 4 is 15.8 Å². The normalized spacial score (nSPS) is 11.6. The van der Waals surface area contributed by atoms with Gasteiger partial charge in [0.2, 0.25) is 0 Å². The second-order valence-electron chi connectivity index (χ2n) is 7.58. The van der Waals surface area contributed by atoms with Gasteiger partial charge in [-0.05, 0) is 48.2 Å². The average Bonchev–Trinajstić information content (AvgIpc) is 3.11. The molecule has 0 aliphatic rings. The quantitative estimate of drug-likeness (QED) is 0.526. The van der Waals surface area contributed by atoms with Crippen LogP contribution < -0.4 is 0 Å². The van der Waals surface area contributed by atoms with Crippen molar-refractivity contribution in [3.63, 3.8) is 0 Å². The van der Waals surface area contributed by atoms with E-state index in [1.165, 1.54) is 6.26 Å². The first-order valence-corrected chi connectivity index (χ1v) is 11.7. The third-order valence-electron chi connectivity index (χ3n) is 4.60. The summed E-state index contributed by atoms with van der Waals surface area (Å²) in [5.41, 5.74) is 2.89. The highest BCUT2D eigenvalue weighted by Gasteiger charge is 2.17. The molecule has 0 saturated heterocycles. The van der Waals surface area contributed by atoms with Gasteiger partial charge in [0, 0.05) is 24.6 Å². The molecule has 0 spiro atoms. The maximum Gasteiger partial charge on any atom is 0.358 e. The van der Waals surface area contributed by atoms with Gasteiger partial charge in [-0.1, -0.05) is 38.1 Å². The molecule has 0 unspecified atom stereocenters. The maximum atomic E-state index is 12.1. The van der Waals surface area contributed by atoms with E-state index in [9.17, 15) is 13.2 Å². The van der Waals surface area contributed by atoms with Crippen LogP contribution in [0.5, 0.6) is 0 Å². The van der Waals surface area contributed by atoms with E-state index in [0.717, 1.165) is 29.1 Å². The number of nitrogens with zero attached hydrogens (tertiary/aromatic N) is 2. The minimum atomic E-state index is -3.27. The van der Waals surface area contributed by atoms with Crippen LogP contribution >= 0.6 is 0 Å². The minimum Gasteiger partial charge on any atom is -0.461 e. The maximum absolute atomic E-state index is 12.1. The first-order chi connectivity index (χ1) is 14.2. The minimum absolute atomic E-state index is 0.289. The van der Waals surface area contributed by atoms with Crippen molar-refractivity contribution in [2.75, 3.05) is 12.9 Å². The molecule has 30 heavy (non-hydrogen) atoms. The van der Waals surface area contributed by atoms with Crippen molar-refractivity contribution in [3.05, 3.63) is 66.2 Å². The third kappa shape index (κ3) is 4.97. The van der Waals surface area contributed by atoms with Gasteiger partial charge in [-0.3, -0.25) is 0 Å². The topological polar surface area (TPSA) is 78.3 Å². The van der Waals surface area contributed by atoms with Crippen molar-refractivity contribution in [1.82, 2.24) is 9.55 Å². The zero-order valence-electron chi connectivity index (χ0n) is 17.6.